The third kappa shape index (κ3) is 8.82. The molecule has 3 heterocycles. The molecule has 0 spiro atoms. The number of benzene rings is 3. The summed E-state index contributed by atoms with van der Waals surface area (Å²) in [5, 5.41) is 18.7. The molecule has 1 unspecified atom stereocenters. The number of rotatable bonds is 15. The van der Waals surface area contributed by atoms with Crippen LogP contribution in [0.4, 0.5) is 4.79 Å². The van der Waals surface area contributed by atoms with Gasteiger partial charge in [-0.15, -0.1) is 0 Å². The number of aliphatic hydroxyl groups excluding tert-OH is 1. The monoisotopic (exact) mass is 756 g/mol. The normalized spacial score (nSPS) is 20.3. The lowest BCUT2D eigenvalue weighted by atomic mass is 10.0. The number of sulfonamides is 2. The van der Waals surface area contributed by atoms with E-state index in [4.69, 9.17) is 18.7 Å². The molecule has 52 heavy (non-hydrogen) atoms. The number of fused-ring (bicyclic) bond motifs is 2. The maximum absolute atomic E-state index is 14.3. The van der Waals surface area contributed by atoms with Crippen LogP contribution in [0, 0.1) is 18.8 Å². The predicted molar refractivity (Wildman–Crippen MR) is 190 cm³/mol. The zero-order valence-corrected chi connectivity index (χ0v) is 30.8. The molecule has 3 N–H and O–H groups in total. The first-order valence-corrected chi connectivity index (χ1v) is 20.1. The first-order valence-electron chi connectivity index (χ1n) is 17.2. The Labute approximate surface area is 303 Å². The largest absolute Gasteiger partial charge is 0.443 e. The van der Waals surface area contributed by atoms with E-state index in [0.29, 0.717) is 18.4 Å². The second-order valence-corrected chi connectivity index (χ2v) is 17.3. The van der Waals surface area contributed by atoms with Gasteiger partial charge in [0.05, 0.1) is 47.6 Å². The maximum Gasteiger partial charge on any atom is 0.407 e. The van der Waals surface area contributed by atoms with Gasteiger partial charge in [-0.25, -0.2) is 26.4 Å². The number of aromatic nitrogens is 1. The second kappa shape index (κ2) is 16.0. The molecule has 6 rings (SSSR count). The SMILES string of the molecule is Cc1ccc(S(=O)(=O)NCc2noc3ccc(S(=O)(=O)N(CC(C)C)C[C@@H](O)[C@H](Cc4ccccc4)NC(=O)OC4CO[C@H]5OCC[C@@H]45)cc23)cc1. The first kappa shape index (κ1) is 37.8. The Morgan fingerprint density at radius 2 is 1.73 bits per heavy atom. The van der Waals surface area contributed by atoms with E-state index in [0.717, 1.165) is 11.1 Å². The fourth-order valence-corrected chi connectivity index (χ4v) is 9.04. The third-order valence-corrected chi connectivity index (χ3v) is 12.4. The molecule has 2 fully saturated rings. The van der Waals surface area contributed by atoms with Gasteiger partial charge in [0.2, 0.25) is 20.0 Å². The molecule has 5 atom stereocenters. The van der Waals surface area contributed by atoms with Gasteiger partial charge in [-0.1, -0.05) is 67.0 Å². The van der Waals surface area contributed by atoms with E-state index in [1.807, 2.05) is 51.1 Å². The Balaban J connectivity index is 1.21. The van der Waals surface area contributed by atoms with Crippen molar-refractivity contribution in [1.82, 2.24) is 19.5 Å². The van der Waals surface area contributed by atoms with Crippen LogP contribution in [0.5, 0.6) is 0 Å². The van der Waals surface area contributed by atoms with Crippen LogP contribution >= 0.6 is 0 Å². The summed E-state index contributed by atoms with van der Waals surface area (Å²) >= 11 is 0. The minimum absolute atomic E-state index is 0.0647. The zero-order chi connectivity index (χ0) is 37.0. The third-order valence-electron chi connectivity index (χ3n) is 9.18. The van der Waals surface area contributed by atoms with Gasteiger partial charge in [0.1, 0.15) is 11.8 Å². The lowest BCUT2D eigenvalue weighted by Crippen LogP contribution is -2.51. The van der Waals surface area contributed by atoms with Crippen LogP contribution < -0.4 is 10.0 Å². The summed E-state index contributed by atoms with van der Waals surface area (Å²) in [6.07, 6.45) is -2.09. The molecule has 2 aliphatic heterocycles. The summed E-state index contributed by atoms with van der Waals surface area (Å²) in [5.74, 6) is -0.200. The number of ether oxygens (including phenoxy) is 3. The number of hydrogen-bond donors (Lipinski definition) is 3. The van der Waals surface area contributed by atoms with Gasteiger partial charge >= 0.3 is 6.09 Å². The highest BCUT2D eigenvalue weighted by Crippen LogP contribution is 2.33. The second-order valence-electron chi connectivity index (χ2n) is 13.6. The average molecular weight is 757 g/mol. The topological polar surface area (TPSA) is 187 Å². The molecule has 2 aliphatic rings. The Hall–Kier alpha value is -3.90. The zero-order valence-electron chi connectivity index (χ0n) is 29.2. The van der Waals surface area contributed by atoms with E-state index in [-0.39, 0.29) is 65.6 Å². The average Bonchev–Trinajstić information content (AvgIpc) is 3.84. The van der Waals surface area contributed by atoms with Crippen molar-refractivity contribution < 1.29 is 45.5 Å². The number of carbonyl (C=O) groups is 1. The highest BCUT2D eigenvalue weighted by molar-refractivity contribution is 7.89. The molecule has 3 aromatic carbocycles. The van der Waals surface area contributed by atoms with Crippen molar-refractivity contribution in [1.29, 1.82) is 0 Å². The van der Waals surface area contributed by atoms with Crippen LogP contribution in [-0.4, -0.2) is 88.3 Å². The van der Waals surface area contributed by atoms with Crippen molar-refractivity contribution in [3.8, 4) is 0 Å². The van der Waals surface area contributed by atoms with Crippen LogP contribution in [0.2, 0.25) is 0 Å². The smallest absolute Gasteiger partial charge is 0.407 e. The number of carbonyl (C=O) groups excluding carboxylic acids is 1. The van der Waals surface area contributed by atoms with E-state index in [2.05, 4.69) is 15.2 Å². The first-order chi connectivity index (χ1) is 24.8. The van der Waals surface area contributed by atoms with Crippen molar-refractivity contribution >= 4 is 37.1 Å². The quantitative estimate of drug-likeness (QED) is 0.161. The van der Waals surface area contributed by atoms with Gasteiger partial charge in [-0.05, 0) is 61.6 Å². The summed E-state index contributed by atoms with van der Waals surface area (Å²) < 4.78 is 80.3. The van der Waals surface area contributed by atoms with Crippen molar-refractivity contribution in [3.05, 3.63) is 89.6 Å². The summed E-state index contributed by atoms with van der Waals surface area (Å²) in [5.41, 5.74) is 2.20. The highest BCUT2D eigenvalue weighted by atomic mass is 32.2. The number of hydrogen-bond acceptors (Lipinski definition) is 11. The Kier molecular flexibility index (Phi) is 11.6. The number of alkyl carbamates (subject to hydrolysis) is 1. The van der Waals surface area contributed by atoms with Crippen molar-refractivity contribution in [2.75, 3.05) is 26.3 Å². The standard InChI is InChI=1S/C36H44N4O10S2/c1-23(2)20-40(21-32(41)30(17-25-7-5-4-6-8-25)38-36(42)49-34-22-48-35-28(34)15-16-47-35)52(45,46)27-13-14-33-29(18-27)31(39-50-33)19-37-51(43,44)26-11-9-24(3)10-12-26/h4-14,18,23,28,30,32,34-35,37,41H,15-17,19-22H2,1-3H3,(H,38,42)/t28-,30-,32+,34?,35+/m0/s1. The minimum Gasteiger partial charge on any atom is -0.443 e. The fourth-order valence-electron chi connectivity index (χ4n) is 6.40. The molecule has 4 aromatic rings. The van der Waals surface area contributed by atoms with Gasteiger partial charge in [0, 0.05) is 18.5 Å². The molecular weight excluding hydrogens is 713 g/mol. The fraction of sp³-hybridized carbons (Fsp3) is 0.444. The van der Waals surface area contributed by atoms with Crippen LogP contribution in [0.15, 0.2) is 87.1 Å². The van der Waals surface area contributed by atoms with Crippen LogP contribution in [0.3, 0.4) is 0 Å². The van der Waals surface area contributed by atoms with E-state index >= 15 is 0 Å². The summed E-state index contributed by atoms with van der Waals surface area (Å²) in [7, 11) is -8.13. The van der Waals surface area contributed by atoms with Gasteiger partial charge in [0.25, 0.3) is 0 Å². The molecule has 1 aromatic heterocycles. The summed E-state index contributed by atoms with van der Waals surface area (Å²) in [6, 6.07) is 18.9. The number of nitrogens with one attached hydrogen (secondary N) is 2. The number of aliphatic hydroxyl groups is 1. The van der Waals surface area contributed by atoms with Crippen molar-refractivity contribution in [2.45, 2.75) is 74.5 Å². The van der Waals surface area contributed by atoms with E-state index < -0.39 is 50.7 Å². The predicted octanol–water partition coefficient (Wildman–Crippen LogP) is 3.72. The van der Waals surface area contributed by atoms with E-state index in [9.17, 15) is 26.7 Å². The molecular formula is C36H44N4O10S2. The van der Waals surface area contributed by atoms with Crippen LogP contribution in [-0.2, 0) is 47.2 Å². The van der Waals surface area contributed by atoms with Gasteiger partial charge in [0.15, 0.2) is 11.9 Å². The highest BCUT2D eigenvalue weighted by Gasteiger charge is 2.44. The lowest BCUT2D eigenvalue weighted by Gasteiger charge is -2.31. The van der Waals surface area contributed by atoms with Gasteiger partial charge in [-0.3, -0.25) is 0 Å². The molecule has 0 saturated carbocycles. The van der Waals surface area contributed by atoms with Crippen LogP contribution in [0.25, 0.3) is 11.0 Å². The molecule has 280 valence electrons. The minimum atomic E-state index is -4.24. The van der Waals surface area contributed by atoms with E-state index in [1.165, 1.54) is 34.6 Å². The molecule has 0 aliphatic carbocycles. The molecule has 14 nitrogen and oxygen atoms in total. The Bertz CT molecular complexity index is 2060. The van der Waals surface area contributed by atoms with Crippen molar-refractivity contribution in [2.24, 2.45) is 11.8 Å². The number of amides is 1. The maximum atomic E-state index is 14.3. The van der Waals surface area contributed by atoms with Crippen LogP contribution in [0.1, 0.15) is 37.1 Å². The van der Waals surface area contributed by atoms with E-state index in [1.54, 1.807) is 12.1 Å². The number of nitrogens with zero attached hydrogens (tertiary/aromatic N) is 2. The summed E-state index contributed by atoms with van der Waals surface area (Å²) in [6.45, 7) is 5.77. The number of aryl methyl sites for hydroxylation is 1. The summed E-state index contributed by atoms with van der Waals surface area (Å²) in [4.78, 5) is 13.2. The van der Waals surface area contributed by atoms with Gasteiger partial charge in [-0.2, -0.15) is 4.31 Å². The molecule has 16 heteroatoms. The molecule has 1 amide bonds. The molecule has 2 saturated heterocycles. The molecule has 0 radical (unpaired) electrons. The van der Waals surface area contributed by atoms with Gasteiger partial charge < -0.3 is 29.2 Å². The Morgan fingerprint density at radius 3 is 2.46 bits per heavy atom. The lowest BCUT2D eigenvalue weighted by molar-refractivity contribution is -0.0907. The molecule has 0 bridgehead atoms. The Morgan fingerprint density at radius 1 is 1.00 bits per heavy atom. The van der Waals surface area contributed by atoms with Crippen molar-refractivity contribution in [3.63, 3.8) is 0 Å².